The van der Waals surface area contributed by atoms with E-state index in [4.69, 9.17) is 4.74 Å². The summed E-state index contributed by atoms with van der Waals surface area (Å²) in [4.78, 5) is 0. The number of rotatable bonds is 4. The van der Waals surface area contributed by atoms with E-state index in [1.807, 2.05) is 0 Å². The van der Waals surface area contributed by atoms with E-state index in [2.05, 4.69) is 15.9 Å². The molecule has 0 amide bonds. The Hall–Kier alpha value is -1.46. The van der Waals surface area contributed by atoms with Gasteiger partial charge in [0.2, 0.25) is 0 Å². The van der Waals surface area contributed by atoms with Gasteiger partial charge in [-0.3, -0.25) is 0 Å². The topological polar surface area (TPSA) is 29.5 Å². The maximum Gasteiger partial charge on any atom is 0.159 e. The number of benzene rings is 2. The van der Waals surface area contributed by atoms with E-state index in [0.29, 0.717) is 16.9 Å². The van der Waals surface area contributed by atoms with Crippen LogP contribution in [-0.2, 0) is 6.61 Å². The van der Waals surface area contributed by atoms with Gasteiger partial charge < -0.3 is 9.84 Å². The first-order valence-corrected chi connectivity index (χ1v) is 6.81. The van der Waals surface area contributed by atoms with Crippen molar-refractivity contribution >= 4 is 15.9 Å². The SMILES string of the molecule is C[C@H](O)c1cc(Br)ccc1OCc1ccc(F)c(F)c1. The maximum atomic E-state index is 13.1. The molecule has 0 saturated carbocycles. The van der Waals surface area contributed by atoms with Gasteiger partial charge in [0.05, 0.1) is 6.10 Å². The van der Waals surface area contributed by atoms with Gasteiger partial charge in [-0.05, 0) is 42.8 Å². The highest BCUT2D eigenvalue weighted by Crippen LogP contribution is 2.29. The molecule has 20 heavy (non-hydrogen) atoms. The number of hydrogen-bond acceptors (Lipinski definition) is 2. The van der Waals surface area contributed by atoms with Crippen molar-refractivity contribution in [2.45, 2.75) is 19.6 Å². The molecular formula is C15H13BrF2O2. The van der Waals surface area contributed by atoms with Gasteiger partial charge in [-0.25, -0.2) is 8.78 Å². The monoisotopic (exact) mass is 342 g/mol. The molecule has 0 spiro atoms. The molecule has 2 aromatic carbocycles. The largest absolute Gasteiger partial charge is 0.489 e. The summed E-state index contributed by atoms with van der Waals surface area (Å²) < 4.78 is 32.3. The highest BCUT2D eigenvalue weighted by Gasteiger charge is 2.10. The van der Waals surface area contributed by atoms with Gasteiger partial charge >= 0.3 is 0 Å². The molecule has 0 aliphatic rings. The van der Waals surface area contributed by atoms with E-state index < -0.39 is 17.7 Å². The highest BCUT2D eigenvalue weighted by atomic mass is 79.9. The molecule has 1 atom stereocenters. The molecule has 106 valence electrons. The Bertz CT molecular complexity index is 615. The van der Waals surface area contributed by atoms with Crippen molar-refractivity contribution in [2.24, 2.45) is 0 Å². The summed E-state index contributed by atoms with van der Waals surface area (Å²) in [7, 11) is 0. The minimum Gasteiger partial charge on any atom is -0.489 e. The fourth-order valence-corrected chi connectivity index (χ4v) is 2.15. The summed E-state index contributed by atoms with van der Waals surface area (Å²) in [6.45, 7) is 1.73. The second-order valence-electron chi connectivity index (χ2n) is 4.40. The number of halogens is 3. The Balaban J connectivity index is 2.16. The zero-order chi connectivity index (χ0) is 14.7. The van der Waals surface area contributed by atoms with Crippen LogP contribution in [0.3, 0.4) is 0 Å². The quantitative estimate of drug-likeness (QED) is 0.894. The second-order valence-corrected chi connectivity index (χ2v) is 5.31. The van der Waals surface area contributed by atoms with Crippen LogP contribution in [0.15, 0.2) is 40.9 Å². The van der Waals surface area contributed by atoms with Crippen LogP contribution in [0.4, 0.5) is 8.78 Å². The van der Waals surface area contributed by atoms with E-state index in [-0.39, 0.29) is 6.61 Å². The average Bonchev–Trinajstić information content (AvgIpc) is 2.41. The Morgan fingerprint density at radius 2 is 1.90 bits per heavy atom. The van der Waals surface area contributed by atoms with E-state index in [1.165, 1.54) is 6.07 Å². The van der Waals surface area contributed by atoms with Crippen molar-refractivity contribution in [2.75, 3.05) is 0 Å². The van der Waals surface area contributed by atoms with Crippen LogP contribution in [-0.4, -0.2) is 5.11 Å². The van der Waals surface area contributed by atoms with Gasteiger partial charge in [-0.1, -0.05) is 22.0 Å². The Kier molecular flexibility index (Phi) is 4.73. The molecule has 0 radical (unpaired) electrons. The molecule has 0 heterocycles. The summed E-state index contributed by atoms with van der Waals surface area (Å²) in [5.74, 6) is -1.28. The van der Waals surface area contributed by atoms with Crippen LogP contribution in [0.2, 0.25) is 0 Å². The summed E-state index contributed by atoms with van der Waals surface area (Å²) >= 11 is 3.32. The van der Waals surface area contributed by atoms with Gasteiger partial charge in [0.1, 0.15) is 12.4 Å². The molecule has 0 aliphatic carbocycles. The molecule has 2 nitrogen and oxygen atoms in total. The smallest absolute Gasteiger partial charge is 0.159 e. The molecule has 0 fully saturated rings. The molecule has 0 saturated heterocycles. The summed E-state index contributed by atoms with van der Waals surface area (Å²) in [6, 6.07) is 8.87. The fourth-order valence-electron chi connectivity index (χ4n) is 1.77. The van der Waals surface area contributed by atoms with Crippen LogP contribution in [0.5, 0.6) is 5.75 Å². The lowest BCUT2D eigenvalue weighted by molar-refractivity contribution is 0.190. The third kappa shape index (κ3) is 3.55. The standard InChI is InChI=1S/C15H13BrF2O2/c1-9(19)12-7-11(16)3-5-15(12)20-8-10-2-4-13(17)14(18)6-10/h2-7,9,19H,8H2,1H3/t9-/m0/s1. The van der Waals surface area contributed by atoms with Gasteiger partial charge in [0, 0.05) is 10.0 Å². The lowest BCUT2D eigenvalue weighted by Gasteiger charge is -2.14. The van der Waals surface area contributed by atoms with Crippen LogP contribution < -0.4 is 4.74 Å². The first-order valence-electron chi connectivity index (χ1n) is 6.01. The summed E-state index contributed by atoms with van der Waals surface area (Å²) in [5, 5.41) is 9.70. The highest BCUT2D eigenvalue weighted by molar-refractivity contribution is 9.10. The molecule has 0 aliphatic heterocycles. The third-order valence-corrected chi connectivity index (χ3v) is 3.29. The zero-order valence-electron chi connectivity index (χ0n) is 10.7. The van der Waals surface area contributed by atoms with Crippen LogP contribution in [0.25, 0.3) is 0 Å². The molecule has 2 aromatic rings. The Morgan fingerprint density at radius 3 is 2.55 bits per heavy atom. The molecule has 1 N–H and O–H groups in total. The van der Waals surface area contributed by atoms with Gasteiger partial charge in [-0.2, -0.15) is 0 Å². The number of aliphatic hydroxyl groups excluding tert-OH is 1. The predicted molar refractivity (Wildman–Crippen MR) is 75.5 cm³/mol. The zero-order valence-corrected chi connectivity index (χ0v) is 12.3. The predicted octanol–water partition coefficient (Wildman–Crippen LogP) is 4.36. The second kappa shape index (κ2) is 6.33. The lowest BCUT2D eigenvalue weighted by atomic mass is 10.1. The maximum absolute atomic E-state index is 13.1. The van der Waals surface area contributed by atoms with Crippen molar-refractivity contribution in [3.05, 3.63) is 63.6 Å². The molecule has 0 aromatic heterocycles. The minimum atomic E-state index is -0.905. The van der Waals surface area contributed by atoms with E-state index >= 15 is 0 Å². The molecule has 0 unspecified atom stereocenters. The van der Waals surface area contributed by atoms with Crippen LogP contribution >= 0.6 is 15.9 Å². The first-order chi connectivity index (χ1) is 9.47. The average molecular weight is 343 g/mol. The normalized spacial score (nSPS) is 12.2. The van der Waals surface area contributed by atoms with Crippen molar-refractivity contribution < 1.29 is 18.6 Å². The van der Waals surface area contributed by atoms with Crippen molar-refractivity contribution in [3.8, 4) is 5.75 Å². The summed E-state index contributed by atoms with van der Waals surface area (Å²) in [5.41, 5.74) is 1.14. The van der Waals surface area contributed by atoms with Gasteiger partial charge in [0.15, 0.2) is 11.6 Å². The van der Waals surface area contributed by atoms with E-state index in [0.717, 1.165) is 16.6 Å². The molecule has 2 rings (SSSR count). The van der Waals surface area contributed by atoms with E-state index in [1.54, 1.807) is 25.1 Å². The fraction of sp³-hybridized carbons (Fsp3) is 0.200. The van der Waals surface area contributed by atoms with Crippen molar-refractivity contribution in [1.82, 2.24) is 0 Å². The van der Waals surface area contributed by atoms with Crippen molar-refractivity contribution in [1.29, 1.82) is 0 Å². The van der Waals surface area contributed by atoms with Gasteiger partial charge in [0.25, 0.3) is 0 Å². The first kappa shape index (κ1) is 14.9. The van der Waals surface area contributed by atoms with Gasteiger partial charge in [-0.15, -0.1) is 0 Å². The number of hydrogen-bond donors (Lipinski definition) is 1. The lowest BCUT2D eigenvalue weighted by Crippen LogP contribution is -2.01. The van der Waals surface area contributed by atoms with Crippen LogP contribution in [0, 0.1) is 11.6 Å². The van der Waals surface area contributed by atoms with Crippen molar-refractivity contribution in [3.63, 3.8) is 0 Å². The molecule has 0 bridgehead atoms. The minimum absolute atomic E-state index is 0.0958. The van der Waals surface area contributed by atoms with E-state index in [9.17, 15) is 13.9 Å². The molecule has 5 heteroatoms. The van der Waals surface area contributed by atoms with Crippen LogP contribution in [0.1, 0.15) is 24.2 Å². The Morgan fingerprint density at radius 1 is 1.15 bits per heavy atom. The summed E-state index contributed by atoms with van der Waals surface area (Å²) in [6.07, 6.45) is -0.688. The number of aliphatic hydroxyl groups is 1. The Labute approximate surface area is 124 Å². The molecular weight excluding hydrogens is 330 g/mol. The third-order valence-electron chi connectivity index (χ3n) is 2.80. The number of ether oxygens (including phenoxy) is 1.